The van der Waals surface area contributed by atoms with E-state index >= 15 is 0 Å². The fourth-order valence-electron chi connectivity index (χ4n) is 2.82. The van der Waals surface area contributed by atoms with Gasteiger partial charge in [0, 0.05) is 18.5 Å². The van der Waals surface area contributed by atoms with Crippen LogP contribution >= 0.6 is 23.1 Å². The van der Waals surface area contributed by atoms with Gasteiger partial charge in [0.15, 0.2) is 28.3 Å². The maximum atomic E-state index is 13.0. The normalized spacial score (nSPS) is 11.8. The number of thiophene rings is 1. The zero-order valence-electron chi connectivity index (χ0n) is 16.8. The van der Waals surface area contributed by atoms with E-state index in [9.17, 15) is 9.59 Å². The number of methoxy groups -OCH3 is 2. The number of carbonyl (C=O) groups is 2. The number of thioether (sulfide) groups is 1. The van der Waals surface area contributed by atoms with Crippen LogP contribution in [0.15, 0.2) is 40.9 Å². The molecule has 10 heteroatoms. The van der Waals surface area contributed by atoms with E-state index in [0.717, 1.165) is 4.88 Å². The summed E-state index contributed by atoms with van der Waals surface area (Å²) in [6.45, 7) is 2.15. The lowest BCUT2D eigenvalue weighted by atomic mass is 10.1. The van der Waals surface area contributed by atoms with E-state index in [0.29, 0.717) is 34.6 Å². The molecule has 1 unspecified atom stereocenters. The third-order valence-electron chi connectivity index (χ3n) is 4.36. The highest BCUT2D eigenvalue weighted by Crippen LogP contribution is 2.32. The quantitative estimate of drug-likeness (QED) is 0.376. The molecule has 0 spiro atoms. The van der Waals surface area contributed by atoms with Crippen LogP contribution < -0.4 is 15.2 Å². The number of nitrogens with two attached hydrogens (primary N) is 1. The van der Waals surface area contributed by atoms with Crippen LogP contribution in [0.3, 0.4) is 0 Å². The Labute approximate surface area is 182 Å². The van der Waals surface area contributed by atoms with Crippen LogP contribution in [0.1, 0.15) is 23.7 Å². The molecule has 0 saturated carbocycles. The molecule has 2 heterocycles. The van der Waals surface area contributed by atoms with Gasteiger partial charge in [-0.1, -0.05) is 17.8 Å². The van der Waals surface area contributed by atoms with E-state index in [1.54, 1.807) is 25.3 Å². The van der Waals surface area contributed by atoms with Crippen LogP contribution in [0.25, 0.3) is 10.7 Å². The molecule has 2 N–H and O–H groups in total. The molecule has 3 rings (SSSR count). The Morgan fingerprint density at radius 3 is 2.60 bits per heavy atom. The molecule has 30 heavy (non-hydrogen) atoms. The van der Waals surface area contributed by atoms with Crippen LogP contribution in [0.2, 0.25) is 0 Å². The largest absolute Gasteiger partial charge is 0.493 e. The number of benzene rings is 1. The van der Waals surface area contributed by atoms with Gasteiger partial charge < -0.3 is 19.8 Å². The van der Waals surface area contributed by atoms with E-state index < -0.39 is 11.2 Å². The third-order valence-corrected chi connectivity index (χ3v) is 6.31. The predicted molar refractivity (Wildman–Crippen MR) is 116 cm³/mol. The maximum Gasteiger partial charge on any atom is 0.219 e. The van der Waals surface area contributed by atoms with Gasteiger partial charge in [-0.2, -0.15) is 0 Å². The zero-order chi connectivity index (χ0) is 21.7. The molecule has 1 atom stereocenters. The highest BCUT2D eigenvalue weighted by atomic mass is 32.2. The first kappa shape index (κ1) is 21.8. The maximum absolute atomic E-state index is 13.0. The van der Waals surface area contributed by atoms with Gasteiger partial charge in [0.05, 0.1) is 24.3 Å². The molecular weight excluding hydrogens is 424 g/mol. The summed E-state index contributed by atoms with van der Waals surface area (Å²) in [5.41, 5.74) is 5.84. The average Bonchev–Trinajstić information content (AvgIpc) is 3.40. The van der Waals surface area contributed by atoms with Crippen molar-refractivity contribution in [1.82, 2.24) is 14.8 Å². The summed E-state index contributed by atoms with van der Waals surface area (Å²) in [6, 6.07) is 8.92. The van der Waals surface area contributed by atoms with Crippen molar-refractivity contribution in [3.8, 4) is 22.2 Å². The first-order chi connectivity index (χ1) is 14.4. The van der Waals surface area contributed by atoms with Crippen LogP contribution in [0.5, 0.6) is 11.5 Å². The minimum atomic E-state index is -0.434. The van der Waals surface area contributed by atoms with Crippen molar-refractivity contribution in [3.63, 3.8) is 0 Å². The Kier molecular flexibility index (Phi) is 7.11. The lowest BCUT2D eigenvalue weighted by Crippen LogP contribution is -2.17. The second-order valence-corrected chi connectivity index (χ2v) is 8.60. The molecule has 0 aliphatic carbocycles. The molecule has 0 radical (unpaired) electrons. The van der Waals surface area contributed by atoms with Crippen molar-refractivity contribution in [3.05, 3.63) is 41.3 Å². The number of ketones is 1. The molecule has 8 nitrogen and oxygen atoms in total. The monoisotopic (exact) mass is 446 g/mol. The van der Waals surface area contributed by atoms with E-state index in [2.05, 4.69) is 10.2 Å². The Morgan fingerprint density at radius 2 is 1.97 bits per heavy atom. The van der Waals surface area contributed by atoms with Gasteiger partial charge >= 0.3 is 0 Å². The number of hydrogen-bond donors (Lipinski definition) is 1. The van der Waals surface area contributed by atoms with Gasteiger partial charge in [-0.3, -0.25) is 9.59 Å². The number of ether oxygens (including phenoxy) is 2. The Hall–Kier alpha value is -2.85. The first-order valence-corrected chi connectivity index (χ1v) is 10.9. The van der Waals surface area contributed by atoms with Crippen LogP contribution in [-0.4, -0.2) is 45.9 Å². The van der Waals surface area contributed by atoms with Crippen molar-refractivity contribution >= 4 is 34.8 Å². The van der Waals surface area contributed by atoms with Gasteiger partial charge in [0.25, 0.3) is 0 Å². The van der Waals surface area contributed by atoms with Crippen LogP contribution in [0, 0.1) is 0 Å². The smallest absolute Gasteiger partial charge is 0.219 e. The third kappa shape index (κ3) is 4.82. The number of nitrogens with zero attached hydrogens (tertiary/aromatic N) is 3. The summed E-state index contributed by atoms with van der Waals surface area (Å²) in [5.74, 6) is 1.21. The highest BCUT2D eigenvalue weighted by molar-refractivity contribution is 8.00. The SMILES string of the molecule is COc1ccc(C(=O)C(C)Sc2nnc(-c3cccs3)n2CCC(N)=O)cc1OC. The Morgan fingerprint density at radius 1 is 1.20 bits per heavy atom. The molecule has 3 aromatic rings. The number of amides is 1. The standard InChI is InChI=1S/C20H22N4O4S2/c1-12(18(26)13-6-7-14(27-2)15(11-13)28-3)30-20-23-22-19(16-5-4-10-29-16)24(20)9-8-17(21)25/h4-7,10-12H,8-9H2,1-3H3,(H2,21,25). The van der Waals surface area contributed by atoms with Crippen molar-refractivity contribution in [2.45, 2.75) is 30.3 Å². The van der Waals surface area contributed by atoms with Crippen LogP contribution in [0.4, 0.5) is 0 Å². The molecule has 0 aliphatic heterocycles. The number of carbonyl (C=O) groups excluding carboxylic acids is 2. The molecule has 1 amide bonds. The van der Waals surface area contributed by atoms with Gasteiger partial charge in [0.1, 0.15) is 0 Å². The number of hydrogen-bond acceptors (Lipinski definition) is 8. The number of Topliss-reactive ketones (excluding diaryl/α,β-unsaturated/α-hetero) is 1. The number of rotatable bonds is 10. The van der Waals surface area contributed by atoms with Crippen molar-refractivity contribution in [2.24, 2.45) is 5.73 Å². The minimum absolute atomic E-state index is 0.0805. The lowest BCUT2D eigenvalue weighted by Gasteiger charge is -2.13. The molecule has 0 bridgehead atoms. The van der Waals surface area contributed by atoms with Gasteiger partial charge in [-0.15, -0.1) is 21.5 Å². The summed E-state index contributed by atoms with van der Waals surface area (Å²) in [4.78, 5) is 25.2. The van der Waals surface area contributed by atoms with Crippen molar-refractivity contribution in [2.75, 3.05) is 14.2 Å². The summed E-state index contributed by atoms with van der Waals surface area (Å²) in [6.07, 6.45) is 0.155. The molecular formula is C20H22N4O4S2. The lowest BCUT2D eigenvalue weighted by molar-refractivity contribution is -0.118. The van der Waals surface area contributed by atoms with Gasteiger partial charge in [-0.05, 0) is 36.6 Å². The van der Waals surface area contributed by atoms with E-state index in [4.69, 9.17) is 15.2 Å². The Balaban J connectivity index is 1.84. The van der Waals surface area contributed by atoms with Crippen molar-refractivity contribution in [1.29, 1.82) is 0 Å². The average molecular weight is 447 g/mol. The summed E-state index contributed by atoms with van der Waals surface area (Å²) in [5, 5.41) is 10.6. The number of aromatic nitrogens is 3. The van der Waals surface area contributed by atoms with Crippen molar-refractivity contribution < 1.29 is 19.1 Å². The zero-order valence-corrected chi connectivity index (χ0v) is 18.5. The first-order valence-electron chi connectivity index (χ1n) is 9.12. The topological polar surface area (TPSA) is 109 Å². The molecule has 1 aromatic carbocycles. The van der Waals surface area contributed by atoms with Gasteiger partial charge in [-0.25, -0.2) is 0 Å². The molecule has 0 aliphatic rings. The van der Waals surface area contributed by atoms with E-state index in [1.165, 1.54) is 30.2 Å². The van der Waals surface area contributed by atoms with Gasteiger partial charge in [0.2, 0.25) is 5.91 Å². The Bertz CT molecular complexity index is 1030. The van der Waals surface area contributed by atoms with Crippen LogP contribution in [-0.2, 0) is 11.3 Å². The second-order valence-electron chi connectivity index (χ2n) is 6.35. The second kappa shape index (κ2) is 9.77. The molecule has 0 fully saturated rings. The predicted octanol–water partition coefficient (Wildman–Crippen LogP) is 3.26. The summed E-state index contributed by atoms with van der Waals surface area (Å²) >= 11 is 2.81. The fraction of sp³-hybridized carbons (Fsp3) is 0.300. The summed E-state index contributed by atoms with van der Waals surface area (Å²) < 4.78 is 12.4. The fourth-order valence-corrected chi connectivity index (χ4v) is 4.49. The molecule has 2 aromatic heterocycles. The highest BCUT2D eigenvalue weighted by Gasteiger charge is 2.23. The van der Waals surface area contributed by atoms with E-state index in [1.807, 2.05) is 29.0 Å². The molecule has 158 valence electrons. The summed E-state index contributed by atoms with van der Waals surface area (Å²) in [7, 11) is 3.07. The molecule has 0 saturated heterocycles. The minimum Gasteiger partial charge on any atom is -0.493 e. The van der Waals surface area contributed by atoms with E-state index in [-0.39, 0.29) is 12.2 Å². The number of primary amides is 1.